The van der Waals surface area contributed by atoms with Crippen molar-refractivity contribution in [3.63, 3.8) is 0 Å². The Kier molecular flexibility index (Phi) is 9.93. The molecule has 1 fully saturated rings. The summed E-state index contributed by atoms with van der Waals surface area (Å²) in [6.45, 7) is 15.8. The van der Waals surface area contributed by atoms with Crippen LogP contribution in [0.15, 0.2) is 71.4 Å². The number of rotatable bonds is 1. The number of hydrogen-bond donors (Lipinski definition) is 0. The van der Waals surface area contributed by atoms with Gasteiger partial charge in [0.25, 0.3) is 0 Å². The zero-order valence-corrected chi connectivity index (χ0v) is 28.2. The summed E-state index contributed by atoms with van der Waals surface area (Å²) < 4.78 is 1.80. The van der Waals surface area contributed by atoms with Crippen molar-refractivity contribution in [3.05, 3.63) is 94.2 Å². The standard InChI is InChI=1S/C21H25.C10H9S.C6H10.Zr/c1-20(2,3)16-9-7-14-11-15-8-10-17(21(4,5)6)13-19(15)18(14)12-16;1-8-2-3-9(6-8)10-4-5-11-7-10;1-2-4-6-5-3-1;/h7-13H,1-6H3;2-5,7-8H,1H3;1-5H2;/q2*-1;;+2. The van der Waals surface area contributed by atoms with Crippen LogP contribution in [-0.2, 0) is 35.1 Å². The van der Waals surface area contributed by atoms with Gasteiger partial charge in [0, 0.05) is 0 Å². The minimum atomic E-state index is 0.194. The molecule has 0 radical (unpaired) electrons. The summed E-state index contributed by atoms with van der Waals surface area (Å²) in [5, 5.41) is 9.74. The number of benzene rings is 2. The van der Waals surface area contributed by atoms with Crippen LogP contribution in [0.3, 0.4) is 0 Å². The van der Waals surface area contributed by atoms with Gasteiger partial charge in [-0.3, -0.25) is 0 Å². The summed E-state index contributed by atoms with van der Waals surface area (Å²) in [5.41, 5.74) is 5.75. The number of thiophene rings is 1. The van der Waals surface area contributed by atoms with E-state index in [1.165, 1.54) is 75.9 Å². The molecule has 0 N–H and O–H groups in total. The van der Waals surface area contributed by atoms with E-state index < -0.39 is 0 Å². The molecule has 1 atom stereocenters. The first-order chi connectivity index (χ1) is 18.4. The van der Waals surface area contributed by atoms with Crippen LogP contribution in [0.4, 0.5) is 0 Å². The molecule has 1 heterocycles. The van der Waals surface area contributed by atoms with Gasteiger partial charge < -0.3 is 0 Å². The summed E-state index contributed by atoms with van der Waals surface area (Å²) in [5.74, 6) is 0.491. The number of hydrogen-bond acceptors (Lipinski definition) is 1. The first kappa shape index (κ1) is 30.2. The predicted molar refractivity (Wildman–Crippen MR) is 172 cm³/mol. The van der Waals surface area contributed by atoms with Gasteiger partial charge in [0.15, 0.2) is 0 Å². The van der Waals surface area contributed by atoms with Crippen molar-refractivity contribution < 1.29 is 24.2 Å². The van der Waals surface area contributed by atoms with Crippen LogP contribution >= 0.6 is 11.3 Å². The van der Waals surface area contributed by atoms with Crippen molar-refractivity contribution >= 4 is 41.7 Å². The normalized spacial score (nSPS) is 17.5. The molecule has 0 saturated heterocycles. The van der Waals surface area contributed by atoms with Gasteiger partial charge in [-0.2, -0.15) is 29.1 Å². The van der Waals surface area contributed by atoms with Gasteiger partial charge in [0.2, 0.25) is 0 Å². The molecule has 4 aromatic rings. The van der Waals surface area contributed by atoms with E-state index in [-0.39, 0.29) is 10.8 Å². The van der Waals surface area contributed by atoms with E-state index in [2.05, 4.69) is 126 Å². The quantitative estimate of drug-likeness (QED) is 0.188. The molecule has 3 aromatic carbocycles. The molecule has 2 aliphatic rings. The molecule has 2 aliphatic carbocycles. The maximum absolute atomic E-state index is 3.37. The first-order valence-electron chi connectivity index (χ1n) is 14.5. The van der Waals surface area contributed by atoms with Crippen LogP contribution < -0.4 is 0 Å². The van der Waals surface area contributed by atoms with Crippen LogP contribution in [0.1, 0.15) is 97.3 Å². The Morgan fingerprint density at radius 1 is 0.821 bits per heavy atom. The molecule has 6 rings (SSSR count). The van der Waals surface area contributed by atoms with E-state index >= 15 is 0 Å². The van der Waals surface area contributed by atoms with E-state index in [1.807, 2.05) is 0 Å². The zero-order chi connectivity index (χ0) is 28.2. The van der Waals surface area contributed by atoms with E-state index in [1.54, 1.807) is 38.8 Å². The molecule has 0 amide bonds. The van der Waals surface area contributed by atoms with Gasteiger partial charge in [-0.1, -0.05) is 101 Å². The van der Waals surface area contributed by atoms with E-state index in [4.69, 9.17) is 0 Å². The van der Waals surface area contributed by atoms with Crippen LogP contribution in [0.5, 0.6) is 0 Å². The Hall–Kier alpha value is -1.76. The second kappa shape index (κ2) is 12.8. The third-order valence-electron chi connectivity index (χ3n) is 7.66. The average molecular weight is 612 g/mol. The molecule has 1 aromatic heterocycles. The van der Waals surface area contributed by atoms with Crippen molar-refractivity contribution in [3.8, 4) is 0 Å². The van der Waals surface area contributed by atoms with E-state index in [0.29, 0.717) is 5.92 Å². The van der Waals surface area contributed by atoms with Gasteiger partial charge in [-0.15, -0.1) is 51.4 Å². The van der Waals surface area contributed by atoms with E-state index in [9.17, 15) is 0 Å². The molecule has 2 heteroatoms. The average Bonchev–Trinajstić information content (AvgIpc) is 3.63. The van der Waals surface area contributed by atoms with Gasteiger partial charge in [0.05, 0.1) is 0 Å². The summed E-state index contributed by atoms with van der Waals surface area (Å²) in [6, 6.07) is 18.3. The van der Waals surface area contributed by atoms with Crippen molar-refractivity contribution in [2.75, 3.05) is 0 Å². The van der Waals surface area contributed by atoms with Gasteiger partial charge >= 0.3 is 59.5 Å². The third-order valence-corrected chi connectivity index (χ3v) is 9.58. The Labute approximate surface area is 255 Å². The van der Waals surface area contributed by atoms with Crippen LogP contribution in [0, 0.1) is 12.0 Å². The number of fused-ring (bicyclic) bond motifs is 3. The molecule has 1 saturated carbocycles. The molecule has 0 spiro atoms. The molecule has 0 nitrogen and oxygen atoms in total. The second-order valence-corrected chi connectivity index (χ2v) is 15.6. The van der Waals surface area contributed by atoms with Crippen molar-refractivity contribution in [2.24, 2.45) is 5.92 Å². The summed E-state index contributed by atoms with van der Waals surface area (Å²) in [7, 11) is 0. The summed E-state index contributed by atoms with van der Waals surface area (Å²) in [4.78, 5) is 0. The summed E-state index contributed by atoms with van der Waals surface area (Å²) in [6.07, 6.45) is 15.0. The fourth-order valence-electron chi connectivity index (χ4n) is 5.09. The number of allylic oxidation sites excluding steroid dienone is 4. The van der Waals surface area contributed by atoms with Crippen molar-refractivity contribution in [1.82, 2.24) is 0 Å². The fraction of sp³-hybridized carbons (Fsp3) is 0.405. The van der Waals surface area contributed by atoms with Gasteiger partial charge in [0.1, 0.15) is 0 Å². The molecule has 1 unspecified atom stereocenters. The third kappa shape index (κ3) is 8.14. The monoisotopic (exact) mass is 610 g/mol. The Balaban J connectivity index is 0.000000162. The Morgan fingerprint density at radius 2 is 1.38 bits per heavy atom. The van der Waals surface area contributed by atoms with Crippen molar-refractivity contribution in [1.29, 1.82) is 0 Å². The Morgan fingerprint density at radius 3 is 1.77 bits per heavy atom. The topological polar surface area (TPSA) is 0 Å². The predicted octanol–water partition coefficient (Wildman–Crippen LogP) is 11.1. The molecular weight excluding hydrogens is 568 g/mol. The van der Waals surface area contributed by atoms with Gasteiger partial charge in [-0.05, 0) is 16.2 Å². The Bertz CT molecular complexity index is 1390. The van der Waals surface area contributed by atoms with Crippen LogP contribution in [-0.4, -0.2) is 3.21 Å². The van der Waals surface area contributed by atoms with Crippen LogP contribution in [0.2, 0.25) is 0 Å². The van der Waals surface area contributed by atoms with E-state index in [0.717, 1.165) is 0 Å². The SMILES string of the molecule is CC(C)(C)c1ccc2[cH-]c3ccc(C(C)(C)C)cc3c2c1.CC1[C-]=C(c2ccsc2)C=C1.[Zr+2]=[C]1CCCCC1. The minimum absolute atomic E-state index is 0.194. The molecule has 202 valence electrons. The maximum atomic E-state index is 3.37. The molecular formula is C37H44SZr. The first-order valence-corrected chi connectivity index (χ1v) is 16.6. The fourth-order valence-corrected chi connectivity index (χ4v) is 6.61. The summed E-state index contributed by atoms with van der Waals surface area (Å²) >= 11 is 3.42. The second-order valence-electron chi connectivity index (χ2n) is 13.1. The van der Waals surface area contributed by atoms with Gasteiger partial charge in [-0.25, -0.2) is 0 Å². The zero-order valence-electron chi connectivity index (χ0n) is 24.9. The molecule has 0 aliphatic heterocycles. The van der Waals surface area contributed by atoms with Crippen molar-refractivity contribution in [2.45, 2.75) is 91.4 Å². The molecule has 39 heavy (non-hydrogen) atoms. The molecule has 0 bridgehead atoms. The van der Waals surface area contributed by atoms with Crippen LogP contribution in [0.25, 0.3) is 27.1 Å².